The van der Waals surface area contributed by atoms with Crippen LogP contribution in [0.15, 0.2) is 0 Å². The second-order valence-corrected chi connectivity index (χ2v) is 8.32. The number of rotatable bonds is 11. The Labute approximate surface area is 169 Å². The van der Waals surface area contributed by atoms with Crippen molar-refractivity contribution in [2.75, 3.05) is 0 Å². The molecule has 0 aliphatic carbocycles. The lowest BCUT2D eigenvalue weighted by atomic mass is 9.78. The van der Waals surface area contributed by atoms with Crippen molar-refractivity contribution in [3.63, 3.8) is 0 Å². The van der Waals surface area contributed by atoms with Gasteiger partial charge in [0.25, 0.3) is 5.67 Å². The van der Waals surface area contributed by atoms with Crippen molar-refractivity contribution in [2.45, 2.75) is 92.6 Å². The zero-order valence-corrected chi connectivity index (χ0v) is 17.3. The lowest BCUT2D eigenvalue weighted by Gasteiger charge is -2.43. The van der Waals surface area contributed by atoms with Gasteiger partial charge in [0.05, 0.1) is 0 Å². The molecular formula is C16H22F11I. The van der Waals surface area contributed by atoms with Crippen LogP contribution in [0, 0.1) is 5.92 Å². The molecule has 0 nitrogen and oxygen atoms in total. The molecule has 0 aliphatic heterocycles. The Morgan fingerprint density at radius 3 is 1.46 bits per heavy atom. The van der Waals surface area contributed by atoms with Crippen LogP contribution in [-0.2, 0) is 0 Å². The van der Waals surface area contributed by atoms with Crippen LogP contribution in [0.25, 0.3) is 0 Å². The van der Waals surface area contributed by atoms with E-state index >= 15 is 0 Å². The van der Waals surface area contributed by atoms with E-state index in [1.165, 1.54) is 22.6 Å². The SMILES string of the molecule is CCCCCCCCC(I)C(C)C(F)(C(F)(F)F)C(F)(F)C(F)(F)C(F)(F)F. The summed E-state index contributed by atoms with van der Waals surface area (Å²) in [5.74, 6) is -17.1. The molecule has 0 bridgehead atoms. The van der Waals surface area contributed by atoms with Gasteiger partial charge >= 0.3 is 24.2 Å². The molecule has 0 amide bonds. The van der Waals surface area contributed by atoms with Gasteiger partial charge in [0.15, 0.2) is 0 Å². The quantitative estimate of drug-likeness (QED) is 0.105. The summed E-state index contributed by atoms with van der Waals surface area (Å²) in [5, 5.41) is 0. The minimum atomic E-state index is -7.20. The Kier molecular flexibility index (Phi) is 9.83. The van der Waals surface area contributed by atoms with Gasteiger partial charge in [-0.25, -0.2) is 4.39 Å². The third kappa shape index (κ3) is 5.55. The van der Waals surface area contributed by atoms with Crippen molar-refractivity contribution in [3.05, 3.63) is 0 Å². The number of hydrogen-bond acceptors (Lipinski definition) is 0. The van der Waals surface area contributed by atoms with E-state index in [1.54, 1.807) is 0 Å². The molecular weight excluding hydrogens is 528 g/mol. The average Bonchev–Trinajstić information content (AvgIpc) is 2.53. The molecule has 170 valence electrons. The maximum Gasteiger partial charge on any atom is 0.460 e. The lowest BCUT2D eigenvalue weighted by molar-refractivity contribution is -0.418. The Morgan fingerprint density at radius 2 is 1.07 bits per heavy atom. The van der Waals surface area contributed by atoms with E-state index in [4.69, 9.17) is 0 Å². The van der Waals surface area contributed by atoms with Crippen molar-refractivity contribution in [3.8, 4) is 0 Å². The monoisotopic (exact) mass is 550 g/mol. The van der Waals surface area contributed by atoms with Gasteiger partial charge in [-0.3, -0.25) is 0 Å². The van der Waals surface area contributed by atoms with Crippen molar-refractivity contribution in [1.29, 1.82) is 0 Å². The van der Waals surface area contributed by atoms with E-state index in [0.29, 0.717) is 12.8 Å². The van der Waals surface area contributed by atoms with E-state index < -0.39 is 39.7 Å². The number of alkyl halides is 12. The summed E-state index contributed by atoms with van der Waals surface area (Å²) in [5.41, 5.74) is -6.06. The third-order valence-corrected chi connectivity index (χ3v) is 6.32. The molecule has 0 fully saturated rings. The topological polar surface area (TPSA) is 0 Å². The van der Waals surface area contributed by atoms with E-state index in [-0.39, 0.29) is 19.8 Å². The fourth-order valence-electron chi connectivity index (χ4n) is 2.75. The predicted molar refractivity (Wildman–Crippen MR) is 90.8 cm³/mol. The molecule has 28 heavy (non-hydrogen) atoms. The molecule has 0 saturated heterocycles. The van der Waals surface area contributed by atoms with Crippen molar-refractivity contribution in [1.82, 2.24) is 0 Å². The molecule has 0 rings (SSSR count). The summed E-state index contributed by atoms with van der Waals surface area (Å²) in [7, 11) is 0. The number of unbranched alkanes of at least 4 members (excludes halogenated alkanes) is 5. The maximum atomic E-state index is 14.6. The fourth-order valence-corrected chi connectivity index (χ4v) is 3.68. The molecule has 3 atom stereocenters. The lowest BCUT2D eigenvalue weighted by Crippen LogP contribution is -2.70. The Balaban J connectivity index is 5.61. The fraction of sp³-hybridized carbons (Fsp3) is 1.00. The molecule has 0 radical (unpaired) electrons. The van der Waals surface area contributed by atoms with Gasteiger partial charge in [-0.05, 0) is 6.42 Å². The first kappa shape index (κ1) is 28.0. The zero-order valence-electron chi connectivity index (χ0n) is 15.1. The molecule has 12 heteroatoms. The Bertz CT molecular complexity index is 472. The van der Waals surface area contributed by atoms with Crippen LogP contribution in [0.2, 0.25) is 0 Å². The van der Waals surface area contributed by atoms with Crippen LogP contribution in [0.4, 0.5) is 48.3 Å². The standard InChI is InChI=1S/C16H22F11I/c1-3-4-5-6-7-8-9-11(28)10(2)12(17,15(22,23)24)13(18,19)14(20,21)16(25,26)27/h10-11H,3-9H2,1-2H3. The highest BCUT2D eigenvalue weighted by Crippen LogP contribution is 2.60. The molecule has 0 N–H and O–H groups in total. The summed E-state index contributed by atoms with van der Waals surface area (Å²) in [6.45, 7) is 2.22. The first-order chi connectivity index (χ1) is 12.4. The van der Waals surface area contributed by atoms with Crippen LogP contribution < -0.4 is 0 Å². The molecule has 0 aromatic carbocycles. The highest BCUT2D eigenvalue weighted by molar-refractivity contribution is 14.1. The highest BCUT2D eigenvalue weighted by atomic mass is 127. The summed E-state index contributed by atoms with van der Waals surface area (Å²) in [6, 6.07) is 0. The summed E-state index contributed by atoms with van der Waals surface area (Å²) in [4.78, 5) is 0. The smallest absolute Gasteiger partial charge is 0.226 e. The normalized spacial score (nSPS) is 18.6. The molecule has 0 saturated carbocycles. The first-order valence-corrected chi connectivity index (χ1v) is 9.86. The van der Waals surface area contributed by atoms with Crippen LogP contribution in [0.3, 0.4) is 0 Å². The van der Waals surface area contributed by atoms with Crippen LogP contribution in [0.1, 0.15) is 58.8 Å². The van der Waals surface area contributed by atoms with Gasteiger partial charge < -0.3 is 0 Å². The van der Waals surface area contributed by atoms with Crippen molar-refractivity contribution in [2.24, 2.45) is 5.92 Å². The molecule has 0 heterocycles. The van der Waals surface area contributed by atoms with Gasteiger partial charge in [-0.2, -0.15) is 43.9 Å². The molecule has 0 aromatic heterocycles. The second kappa shape index (κ2) is 9.84. The molecule has 0 spiro atoms. The van der Waals surface area contributed by atoms with Crippen molar-refractivity contribution < 1.29 is 48.3 Å². The van der Waals surface area contributed by atoms with E-state index in [0.717, 1.165) is 19.3 Å². The van der Waals surface area contributed by atoms with E-state index in [2.05, 4.69) is 0 Å². The number of halogens is 12. The van der Waals surface area contributed by atoms with E-state index in [9.17, 15) is 48.3 Å². The van der Waals surface area contributed by atoms with Gasteiger partial charge in [0.1, 0.15) is 0 Å². The van der Waals surface area contributed by atoms with Gasteiger partial charge in [-0.1, -0.05) is 75.0 Å². The molecule has 0 aromatic rings. The first-order valence-electron chi connectivity index (χ1n) is 8.61. The summed E-state index contributed by atoms with van der Waals surface area (Å²) >= 11 is 1.19. The minimum Gasteiger partial charge on any atom is -0.226 e. The Morgan fingerprint density at radius 1 is 0.643 bits per heavy atom. The van der Waals surface area contributed by atoms with Crippen molar-refractivity contribution >= 4 is 22.6 Å². The summed E-state index contributed by atoms with van der Waals surface area (Å²) in [6.07, 6.45) is -9.90. The third-order valence-electron chi connectivity index (χ3n) is 4.62. The van der Waals surface area contributed by atoms with Crippen LogP contribution in [-0.4, -0.2) is 33.8 Å². The number of hydrogen-bond donors (Lipinski definition) is 0. The summed E-state index contributed by atoms with van der Waals surface area (Å²) < 4.78 is 143. The molecule has 3 unspecified atom stereocenters. The predicted octanol–water partition coefficient (Wildman–Crippen LogP) is 8.28. The van der Waals surface area contributed by atoms with Gasteiger partial charge in [0, 0.05) is 9.84 Å². The molecule has 0 aliphatic rings. The van der Waals surface area contributed by atoms with E-state index in [1.807, 2.05) is 6.92 Å². The van der Waals surface area contributed by atoms with Gasteiger partial charge in [0.2, 0.25) is 0 Å². The second-order valence-electron chi connectivity index (χ2n) is 6.72. The average molecular weight is 550 g/mol. The maximum absolute atomic E-state index is 14.6. The zero-order chi connectivity index (χ0) is 22.6. The van der Waals surface area contributed by atoms with Crippen LogP contribution >= 0.6 is 22.6 Å². The van der Waals surface area contributed by atoms with Crippen LogP contribution in [0.5, 0.6) is 0 Å². The highest BCUT2D eigenvalue weighted by Gasteiger charge is 2.87. The Hall–Kier alpha value is -0.0400. The largest absolute Gasteiger partial charge is 0.460 e. The van der Waals surface area contributed by atoms with Gasteiger partial charge in [-0.15, -0.1) is 0 Å². The minimum absolute atomic E-state index is 0.205.